The molecule has 0 radical (unpaired) electrons. The zero-order chi connectivity index (χ0) is 16.4. The number of aromatic amines is 1. The number of nitrogens with one attached hydrogen (secondary N) is 2. The lowest BCUT2D eigenvalue weighted by atomic mass is 9.95. The van der Waals surface area contributed by atoms with Gasteiger partial charge in [0.25, 0.3) is 0 Å². The van der Waals surface area contributed by atoms with Gasteiger partial charge in [-0.05, 0) is 19.4 Å². The van der Waals surface area contributed by atoms with E-state index in [0.29, 0.717) is 5.92 Å². The molecule has 24 heavy (non-hydrogen) atoms. The van der Waals surface area contributed by atoms with E-state index in [1.807, 2.05) is 11.6 Å². The van der Waals surface area contributed by atoms with Crippen LogP contribution in [0.2, 0.25) is 0 Å². The van der Waals surface area contributed by atoms with Crippen molar-refractivity contribution < 1.29 is 0 Å². The van der Waals surface area contributed by atoms with Crippen LogP contribution >= 0.6 is 0 Å². The van der Waals surface area contributed by atoms with Gasteiger partial charge in [-0.15, -0.1) is 10.2 Å². The van der Waals surface area contributed by atoms with Gasteiger partial charge in [0.15, 0.2) is 5.82 Å². The third kappa shape index (κ3) is 3.29. The Balaban J connectivity index is 1.40. The van der Waals surface area contributed by atoms with Crippen molar-refractivity contribution in [1.82, 2.24) is 35.2 Å². The number of piperazine rings is 1. The topological polar surface area (TPSA) is 77.9 Å². The quantitative estimate of drug-likeness (QED) is 0.841. The molecule has 4 heterocycles. The second-order valence-electron chi connectivity index (χ2n) is 6.85. The van der Waals surface area contributed by atoms with Crippen molar-refractivity contribution in [3.63, 3.8) is 0 Å². The Kier molecular flexibility index (Phi) is 4.48. The van der Waals surface area contributed by atoms with Crippen LogP contribution in [0, 0.1) is 0 Å². The maximum absolute atomic E-state index is 4.56. The summed E-state index contributed by atoms with van der Waals surface area (Å²) in [6.07, 6.45) is 4.20. The molecule has 2 aliphatic heterocycles. The number of hydrogen-bond acceptors (Lipinski definition) is 6. The second-order valence-corrected chi connectivity index (χ2v) is 6.85. The monoisotopic (exact) mass is 330 g/mol. The molecule has 2 saturated heterocycles. The molecule has 1 atom stereocenters. The SMILES string of the molecule is Cn1cnnc1CN1CCCC(c2cc(N3CCNCC3)n[nH]2)C1. The molecule has 0 amide bonds. The van der Waals surface area contributed by atoms with Gasteiger partial charge >= 0.3 is 0 Å². The van der Waals surface area contributed by atoms with Crippen LogP contribution in [0.4, 0.5) is 5.82 Å². The van der Waals surface area contributed by atoms with Crippen molar-refractivity contribution in [2.75, 3.05) is 44.2 Å². The van der Waals surface area contributed by atoms with Crippen LogP contribution in [-0.4, -0.2) is 69.1 Å². The van der Waals surface area contributed by atoms with Gasteiger partial charge < -0.3 is 14.8 Å². The molecule has 2 fully saturated rings. The lowest BCUT2D eigenvalue weighted by Crippen LogP contribution is -2.43. The summed E-state index contributed by atoms with van der Waals surface area (Å²) in [6.45, 7) is 7.19. The number of piperidine rings is 1. The molecule has 8 heteroatoms. The van der Waals surface area contributed by atoms with Crippen molar-refractivity contribution in [2.45, 2.75) is 25.3 Å². The molecule has 0 saturated carbocycles. The standard InChI is InChI=1S/C16H26N8/c1-22-12-18-20-16(22)11-23-6-2-3-13(10-23)14-9-15(21-19-14)24-7-4-17-5-8-24/h9,12-13,17H,2-8,10-11H2,1H3,(H,19,21). The van der Waals surface area contributed by atoms with E-state index in [2.05, 4.69) is 41.6 Å². The fraction of sp³-hybridized carbons (Fsp3) is 0.688. The molecule has 4 rings (SSSR count). The van der Waals surface area contributed by atoms with Gasteiger partial charge in [-0.3, -0.25) is 10.00 Å². The molecule has 1 unspecified atom stereocenters. The molecule has 2 aromatic heterocycles. The predicted molar refractivity (Wildman–Crippen MR) is 91.9 cm³/mol. The van der Waals surface area contributed by atoms with Crippen LogP contribution in [0.25, 0.3) is 0 Å². The highest BCUT2D eigenvalue weighted by molar-refractivity contribution is 5.40. The number of hydrogen-bond donors (Lipinski definition) is 2. The van der Waals surface area contributed by atoms with Crippen molar-refractivity contribution in [3.05, 3.63) is 23.9 Å². The van der Waals surface area contributed by atoms with Crippen LogP contribution in [0.3, 0.4) is 0 Å². The first-order valence-corrected chi connectivity index (χ1v) is 8.86. The van der Waals surface area contributed by atoms with E-state index < -0.39 is 0 Å². The average Bonchev–Trinajstić information content (AvgIpc) is 3.26. The van der Waals surface area contributed by atoms with Crippen molar-refractivity contribution in [3.8, 4) is 0 Å². The molecule has 2 N–H and O–H groups in total. The summed E-state index contributed by atoms with van der Waals surface area (Å²) >= 11 is 0. The van der Waals surface area contributed by atoms with Crippen molar-refractivity contribution in [1.29, 1.82) is 0 Å². The van der Waals surface area contributed by atoms with Crippen LogP contribution in [0.5, 0.6) is 0 Å². The zero-order valence-corrected chi connectivity index (χ0v) is 14.3. The fourth-order valence-electron chi connectivity index (χ4n) is 3.69. The molecular weight excluding hydrogens is 304 g/mol. The number of H-pyrrole nitrogens is 1. The molecule has 0 spiro atoms. The first-order chi connectivity index (χ1) is 11.8. The second kappa shape index (κ2) is 6.90. The maximum atomic E-state index is 4.56. The summed E-state index contributed by atoms with van der Waals surface area (Å²) in [6, 6.07) is 2.25. The Morgan fingerprint density at radius 1 is 1.25 bits per heavy atom. The minimum Gasteiger partial charge on any atom is -0.353 e. The summed E-state index contributed by atoms with van der Waals surface area (Å²) < 4.78 is 2.00. The average molecular weight is 330 g/mol. The number of anilines is 1. The van der Waals surface area contributed by atoms with Crippen LogP contribution < -0.4 is 10.2 Å². The summed E-state index contributed by atoms with van der Waals surface area (Å²) in [5, 5.41) is 19.4. The number of aromatic nitrogens is 5. The molecule has 130 valence electrons. The first kappa shape index (κ1) is 15.6. The highest BCUT2D eigenvalue weighted by Crippen LogP contribution is 2.28. The van der Waals surface area contributed by atoms with E-state index in [-0.39, 0.29) is 0 Å². The van der Waals surface area contributed by atoms with E-state index in [4.69, 9.17) is 0 Å². The number of nitrogens with zero attached hydrogens (tertiary/aromatic N) is 6. The van der Waals surface area contributed by atoms with Crippen molar-refractivity contribution in [2.24, 2.45) is 7.05 Å². The Bertz CT molecular complexity index is 657. The van der Waals surface area contributed by atoms with E-state index >= 15 is 0 Å². The molecule has 0 aromatic carbocycles. The maximum Gasteiger partial charge on any atom is 0.150 e. The normalized spacial score (nSPS) is 22.9. The Morgan fingerprint density at radius 2 is 2.12 bits per heavy atom. The summed E-state index contributed by atoms with van der Waals surface area (Å²) in [5.41, 5.74) is 1.27. The third-order valence-corrected chi connectivity index (χ3v) is 5.14. The molecule has 2 aliphatic rings. The van der Waals surface area contributed by atoms with Gasteiger partial charge in [-0.25, -0.2) is 0 Å². The molecular formula is C16H26N8. The summed E-state index contributed by atoms with van der Waals surface area (Å²) in [4.78, 5) is 4.83. The van der Waals surface area contributed by atoms with Crippen LogP contribution in [0.1, 0.15) is 30.3 Å². The Morgan fingerprint density at radius 3 is 2.92 bits per heavy atom. The lowest BCUT2D eigenvalue weighted by molar-refractivity contribution is 0.192. The van der Waals surface area contributed by atoms with Crippen molar-refractivity contribution >= 4 is 5.82 Å². The zero-order valence-electron chi connectivity index (χ0n) is 14.3. The molecule has 8 nitrogen and oxygen atoms in total. The van der Waals surface area contributed by atoms with E-state index in [9.17, 15) is 0 Å². The molecule has 0 aliphatic carbocycles. The number of rotatable bonds is 4. The summed E-state index contributed by atoms with van der Waals surface area (Å²) in [5.74, 6) is 2.65. The van der Waals surface area contributed by atoms with E-state index in [1.54, 1.807) is 6.33 Å². The largest absolute Gasteiger partial charge is 0.353 e. The van der Waals surface area contributed by atoms with Crippen LogP contribution in [-0.2, 0) is 13.6 Å². The van der Waals surface area contributed by atoms with Gasteiger partial charge in [-0.2, -0.15) is 5.10 Å². The molecule has 0 bridgehead atoms. The van der Waals surface area contributed by atoms with Gasteiger partial charge in [0.2, 0.25) is 0 Å². The highest BCUT2D eigenvalue weighted by Gasteiger charge is 2.25. The molecule has 2 aromatic rings. The van der Waals surface area contributed by atoms with Gasteiger partial charge in [-0.1, -0.05) is 0 Å². The smallest absolute Gasteiger partial charge is 0.150 e. The van der Waals surface area contributed by atoms with E-state index in [0.717, 1.165) is 57.5 Å². The summed E-state index contributed by atoms with van der Waals surface area (Å²) in [7, 11) is 2.01. The van der Waals surface area contributed by atoms with Gasteiger partial charge in [0, 0.05) is 57.4 Å². The van der Waals surface area contributed by atoms with E-state index in [1.165, 1.54) is 18.5 Å². The fourth-order valence-corrected chi connectivity index (χ4v) is 3.69. The Labute approximate surface area is 142 Å². The highest BCUT2D eigenvalue weighted by atomic mass is 15.3. The number of aryl methyl sites for hydroxylation is 1. The van der Waals surface area contributed by atoms with Crippen LogP contribution in [0.15, 0.2) is 12.4 Å². The van der Waals surface area contributed by atoms with Gasteiger partial charge in [0.1, 0.15) is 12.2 Å². The first-order valence-electron chi connectivity index (χ1n) is 8.86. The lowest BCUT2D eigenvalue weighted by Gasteiger charge is -2.31. The third-order valence-electron chi connectivity index (χ3n) is 5.14. The number of likely N-dealkylation sites (tertiary alicyclic amines) is 1. The Hall–Kier alpha value is -1.93. The minimum absolute atomic E-state index is 0.524. The van der Waals surface area contributed by atoms with Gasteiger partial charge in [0.05, 0.1) is 6.54 Å². The minimum atomic E-state index is 0.524. The predicted octanol–water partition coefficient (Wildman–Crippen LogP) is 0.327.